The van der Waals surface area contributed by atoms with Gasteiger partial charge in [0.15, 0.2) is 5.82 Å². The SMILES string of the molecule is Cc1ccc([N+](=O)[O-])cc1S(=O)(=O)N1CCN(C(C)c2nc(C(C)(C)C)no2)CC1. The highest BCUT2D eigenvalue weighted by molar-refractivity contribution is 7.89. The lowest BCUT2D eigenvalue weighted by Gasteiger charge is -2.36. The first-order valence-corrected chi connectivity index (χ1v) is 11.2. The van der Waals surface area contributed by atoms with Crippen LogP contribution in [-0.2, 0) is 15.4 Å². The smallest absolute Gasteiger partial charge is 0.270 e. The van der Waals surface area contributed by atoms with Gasteiger partial charge in [-0.1, -0.05) is 32.0 Å². The average molecular weight is 438 g/mol. The standard InChI is InChI=1S/C19H27N5O5S/c1-13-6-7-15(24(25)26)12-16(13)30(27,28)23-10-8-22(9-11-23)14(2)17-20-18(21-29-17)19(3,4)5/h6-7,12,14H,8-11H2,1-5H3. The van der Waals surface area contributed by atoms with Crippen molar-refractivity contribution < 1.29 is 17.9 Å². The Morgan fingerprint density at radius 3 is 2.37 bits per heavy atom. The Labute approximate surface area is 176 Å². The zero-order valence-electron chi connectivity index (χ0n) is 17.8. The van der Waals surface area contributed by atoms with Gasteiger partial charge < -0.3 is 4.52 Å². The molecule has 2 heterocycles. The second-order valence-corrected chi connectivity index (χ2v) is 10.4. The Kier molecular flexibility index (Phi) is 5.99. The Hall–Kier alpha value is -2.37. The Bertz CT molecular complexity index is 1040. The summed E-state index contributed by atoms with van der Waals surface area (Å²) in [5.74, 6) is 1.14. The molecule has 0 N–H and O–H groups in total. The largest absolute Gasteiger partial charge is 0.338 e. The number of hydrogen-bond acceptors (Lipinski definition) is 8. The van der Waals surface area contributed by atoms with Crippen LogP contribution in [0.2, 0.25) is 0 Å². The number of sulfonamides is 1. The number of aryl methyl sites for hydroxylation is 1. The van der Waals surface area contributed by atoms with Crippen molar-refractivity contribution in [2.75, 3.05) is 26.2 Å². The highest BCUT2D eigenvalue weighted by atomic mass is 32.2. The topological polar surface area (TPSA) is 123 Å². The quantitative estimate of drug-likeness (QED) is 0.517. The van der Waals surface area contributed by atoms with Crippen LogP contribution in [0, 0.1) is 17.0 Å². The molecule has 1 saturated heterocycles. The van der Waals surface area contributed by atoms with E-state index in [1.165, 1.54) is 16.4 Å². The molecule has 0 amide bonds. The van der Waals surface area contributed by atoms with Crippen molar-refractivity contribution in [3.63, 3.8) is 0 Å². The summed E-state index contributed by atoms with van der Waals surface area (Å²) in [4.78, 5) is 17.0. The molecule has 1 aromatic carbocycles. The normalized spacial score (nSPS) is 17.8. The maximum absolute atomic E-state index is 13.1. The van der Waals surface area contributed by atoms with E-state index in [0.717, 1.165) is 6.07 Å². The lowest BCUT2D eigenvalue weighted by molar-refractivity contribution is -0.385. The van der Waals surface area contributed by atoms with Crippen LogP contribution in [0.25, 0.3) is 0 Å². The van der Waals surface area contributed by atoms with E-state index in [1.54, 1.807) is 6.92 Å². The van der Waals surface area contributed by atoms with E-state index in [4.69, 9.17) is 4.52 Å². The first kappa shape index (κ1) is 22.3. The summed E-state index contributed by atoms with van der Waals surface area (Å²) in [6.45, 7) is 11.1. The van der Waals surface area contributed by atoms with Gasteiger partial charge in [-0.2, -0.15) is 9.29 Å². The van der Waals surface area contributed by atoms with E-state index >= 15 is 0 Å². The second-order valence-electron chi connectivity index (χ2n) is 8.53. The van der Waals surface area contributed by atoms with Gasteiger partial charge in [0.05, 0.1) is 15.9 Å². The van der Waals surface area contributed by atoms with Gasteiger partial charge in [-0.05, 0) is 19.4 Å². The fourth-order valence-electron chi connectivity index (χ4n) is 3.32. The number of hydrogen-bond donors (Lipinski definition) is 0. The number of piperazine rings is 1. The number of nitro benzene ring substituents is 1. The van der Waals surface area contributed by atoms with Crippen LogP contribution in [0.15, 0.2) is 27.6 Å². The summed E-state index contributed by atoms with van der Waals surface area (Å²) in [5, 5.41) is 15.1. The van der Waals surface area contributed by atoms with Gasteiger partial charge in [0.2, 0.25) is 15.9 Å². The van der Waals surface area contributed by atoms with Crippen molar-refractivity contribution in [3.05, 3.63) is 45.6 Å². The second kappa shape index (κ2) is 8.05. The van der Waals surface area contributed by atoms with Crippen molar-refractivity contribution in [3.8, 4) is 0 Å². The minimum atomic E-state index is -3.83. The molecule has 1 aliphatic rings. The van der Waals surface area contributed by atoms with Crippen molar-refractivity contribution in [2.24, 2.45) is 0 Å². The molecule has 0 bridgehead atoms. The van der Waals surface area contributed by atoms with Crippen LogP contribution in [-0.4, -0.2) is 58.9 Å². The molecule has 0 aliphatic carbocycles. The van der Waals surface area contributed by atoms with Crippen molar-refractivity contribution >= 4 is 15.7 Å². The van der Waals surface area contributed by atoms with Crippen LogP contribution in [0.1, 0.15) is 51.0 Å². The lowest BCUT2D eigenvalue weighted by Crippen LogP contribution is -2.49. The summed E-state index contributed by atoms with van der Waals surface area (Å²) in [6, 6.07) is 3.76. The number of aromatic nitrogens is 2. The van der Waals surface area contributed by atoms with Crippen LogP contribution in [0.4, 0.5) is 5.69 Å². The number of nitro groups is 1. The fourth-order valence-corrected chi connectivity index (χ4v) is 4.98. The summed E-state index contributed by atoms with van der Waals surface area (Å²) >= 11 is 0. The summed E-state index contributed by atoms with van der Waals surface area (Å²) in [5.41, 5.74) is 0.0270. The highest BCUT2D eigenvalue weighted by Crippen LogP contribution is 2.28. The van der Waals surface area contributed by atoms with E-state index in [2.05, 4.69) is 15.0 Å². The molecule has 1 aliphatic heterocycles. The van der Waals surface area contributed by atoms with Gasteiger partial charge in [0, 0.05) is 43.7 Å². The first-order valence-electron chi connectivity index (χ1n) is 9.74. The summed E-state index contributed by atoms with van der Waals surface area (Å²) in [7, 11) is -3.83. The zero-order chi connectivity index (χ0) is 22.3. The maximum atomic E-state index is 13.1. The molecule has 11 heteroatoms. The van der Waals surface area contributed by atoms with Gasteiger partial charge >= 0.3 is 0 Å². The monoisotopic (exact) mass is 437 g/mol. The molecule has 0 spiro atoms. The van der Waals surface area contributed by atoms with Crippen molar-refractivity contribution in [1.82, 2.24) is 19.3 Å². The van der Waals surface area contributed by atoms with E-state index in [0.29, 0.717) is 30.4 Å². The van der Waals surface area contributed by atoms with Gasteiger partial charge in [-0.3, -0.25) is 15.0 Å². The van der Waals surface area contributed by atoms with Crippen molar-refractivity contribution in [2.45, 2.75) is 51.0 Å². The third kappa shape index (κ3) is 4.37. The lowest BCUT2D eigenvalue weighted by atomic mass is 9.96. The third-order valence-electron chi connectivity index (χ3n) is 5.29. The molecular formula is C19H27N5O5S. The molecule has 3 rings (SSSR count). The van der Waals surface area contributed by atoms with Crippen molar-refractivity contribution in [1.29, 1.82) is 0 Å². The highest BCUT2D eigenvalue weighted by Gasteiger charge is 2.34. The summed E-state index contributed by atoms with van der Waals surface area (Å²) in [6.07, 6.45) is 0. The molecule has 0 radical (unpaired) electrons. The molecule has 0 saturated carbocycles. The number of rotatable bonds is 5. The van der Waals surface area contributed by atoms with E-state index in [1.807, 2.05) is 27.7 Å². The summed E-state index contributed by atoms with van der Waals surface area (Å²) < 4.78 is 33.0. The van der Waals surface area contributed by atoms with Crippen LogP contribution in [0.3, 0.4) is 0 Å². The molecule has 1 atom stereocenters. The number of benzene rings is 1. The molecule has 30 heavy (non-hydrogen) atoms. The van der Waals surface area contributed by atoms with Crippen LogP contribution >= 0.6 is 0 Å². The molecule has 10 nitrogen and oxygen atoms in total. The molecule has 2 aromatic rings. The molecule has 1 unspecified atom stereocenters. The average Bonchev–Trinajstić information content (AvgIpc) is 3.18. The van der Waals surface area contributed by atoms with Crippen LogP contribution in [0.5, 0.6) is 0 Å². The molecule has 1 aromatic heterocycles. The van der Waals surface area contributed by atoms with Gasteiger partial charge in [0.1, 0.15) is 0 Å². The van der Waals surface area contributed by atoms with E-state index in [-0.39, 0.29) is 35.1 Å². The predicted octanol–water partition coefficient (Wildman–Crippen LogP) is 2.65. The minimum absolute atomic E-state index is 0.0232. The Balaban J connectivity index is 1.73. The van der Waals surface area contributed by atoms with Gasteiger partial charge in [-0.25, -0.2) is 8.42 Å². The predicted molar refractivity (Wildman–Crippen MR) is 110 cm³/mol. The Morgan fingerprint density at radius 2 is 1.83 bits per heavy atom. The van der Waals surface area contributed by atoms with Gasteiger partial charge in [0.25, 0.3) is 5.69 Å². The third-order valence-corrected chi connectivity index (χ3v) is 7.33. The number of nitrogens with zero attached hydrogens (tertiary/aromatic N) is 5. The van der Waals surface area contributed by atoms with E-state index in [9.17, 15) is 18.5 Å². The molecule has 1 fully saturated rings. The Morgan fingerprint density at radius 1 is 1.20 bits per heavy atom. The maximum Gasteiger partial charge on any atom is 0.270 e. The number of non-ortho nitro benzene ring substituents is 1. The first-order chi connectivity index (χ1) is 13.9. The molecular weight excluding hydrogens is 410 g/mol. The van der Waals surface area contributed by atoms with Gasteiger partial charge in [-0.15, -0.1) is 0 Å². The zero-order valence-corrected chi connectivity index (χ0v) is 18.6. The van der Waals surface area contributed by atoms with Crippen LogP contribution < -0.4 is 0 Å². The molecule has 164 valence electrons. The van der Waals surface area contributed by atoms with E-state index < -0.39 is 14.9 Å². The fraction of sp³-hybridized carbons (Fsp3) is 0.579. The minimum Gasteiger partial charge on any atom is -0.338 e.